The number of halogens is 1. The highest BCUT2D eigenvalue weighted by molar-refractivity contribution is 6.04. The van der Waals surface area contributed by atoms with Crippen LogP contribution in [-0.4, -0.2) is 25.2 Å². The lowest BCUT2D eigenvalue weighted by Gasteiger charge is -2.12. The number of anilines is 2. The second kappa shape index (κ2) is 7.24. The van der Waals surface area contributed by atoms with E-state index in [0.717, 1.165) is 31.7 Å². The zero-order valence-corrected chi connectivity index (χ0v) is 12.7. The van der Waals surface area contributed by atoms with Crippen molar-refractivity contribution in [3.63, 3.8) is 0 Å². The summed E-state index contributed by atoms with van der Waals surface area (Å²) in [6.07, 6.45) is 2.49. The van der Waals surface area contributed by atoms with Gasteiger partial charge in [-0.1, -0.05) is 6.07 Å². The van der Waals surface area contributed by atoms with Crippen LogP contribution in [0.25, 0.3) is 0 Å². The maximum Gasteiger partial charge on any atom is 0.255 e. The Balaban J connectivity index is 1.55. The molecule has 1 unspecified atom stereocenters. The first-order valence-electron chi connectivity index (χ1n) is 7.73. The molecule has 1 fully saturated rings. The third-order valence-electron chi connectivity index (χ3n) is 3.79. The van der Waals surface area contributed by atoms with Crippen molar-refractivity contribution in [2.45, 2.75) is 18.9 Å². The van der Waals surface area contributed by atoms with Crippen molar-refractivity contribution >= 4 is 17.3 Å². The van der Waals surface area contributed by atoms with Crippen molar-refractivity contribution in [3.8, 4) is 0 Å². The lowest BCUT2D eigenvalue weighted by atomic mass is 10.2. The highest BCUT2D eigenvalue weighted by Gasteiger charge is 2.14. The maximum absolute atomic E-state index is 13.1. The normalized spacial score (nSPS) is 17.0. The molecule has 4 nitrogen and oxygen atoms in total. The Morgan fingerprint density at radius 2 is 1.96 bits per heavy atom. The predicted octanol–water partition coefficient (Wildman–Crippen LogP) is 3.67. The summed E-state index contributed by atoms with van der Waals surface area (Å²) in [5.74, 6) is -0.754. The van der Waals surface area contributed by atoms with E-state index < -0.39 is 5.82 Å². The molecule has 1 amide bonds. The molecule has 23 heavy (non-hydrogen) atoms. The quantitative estimate of drug-likeness (QED) is 0.885. The molecule has 0 saturated carbocycles. The molecule has 3 rings (SSSR count). The second-order valence-electron chi connectivity index (χ2n) is 5.56. The summed E-state index contributed by atoms with van der Waals surface area (Å²) in [5, 5.41) is 6.07. The van der Waals surface area contributed by atoms with E-state index in [1.807, 2.05) is 24.3 Å². The Morgan fingerprint density at radius 1 is 1.17 bits per heavy atom. The molecule has 2 N–H and O–H groups in total. The van der Waals surface area contributed by atoms with Gasteiger partial charge in [0.1, 0.15) is 5.82 Å². The standard InChI is InChI=1S/C18H19FN2O2/c19-14-4-1-3-13(11-14)18(22)21-16-8-6-15(7-9-16)20-12-17-5-2-10-23-17/h1,3-4,6-9,11,17,20H,2,5,10,12H2,(H,21,22). The van der Waals surface area contributed by atoms with E-state index in [2.05, 4.69) is 10.6 Å². The van der Waals surface area contributed by atoms with E-state index in [-0.39, 0.29) is 12.0 Å². The van der Waals surface area contributed by atoms with Gasteiger partial charge in [0, 0.05) is 30.1 Å². The number of rotatable bonds is 5. The SMILES string of the molecule is O=C(Nc1ccc(NCC2CCCO2)cc1)c1cccc(F)c1. The molecule has 0 aliphatic carbocycles. The number of carbonyl (C=O) groups excluding carboxylic acids is 1. The fourth-order valence-electron chi connectivity index (χ4n) is 2.54. The van der Waals surface area contributed by atoms with Gasteiger partial charge < -0.3 is 15.4 Å². The zero-order chi connectivity index (χ0) is 16.1. The number of benzene rings is 2. The van der Waals surface area contributed by atoms with Gasteiger partial charge in [0.25, 0.3) is 5.91 Å². The van der Waals surface area contributed by atoms with Gasteiger partial charge in [-0.25, -0.2) is 4.39 Å². The van der Waals surface area contributed by atoms with E-state index in [0.29, 0.717) is 11.3 Å². The fraction of sp³-hybridized carbons (Fsp3) is 0.278. The molecule has 1 atom stereocenters. The summed E-state index contributed by atoms with van der Waals surface area (Å²) in [5.41, 5.74) is 1.94. The van der Waals surface area contributed by atoms with Crippen LogP contribution in [-0.2, 0) is 4.74 Å². The van der Waals surface area contributed by atoms with Crippen LogP contribution in [0, 0.1) is 5.82 Å². The van der Waals surface area contributed by atoms with E-state index in [1.165, 1.54) is 18.2 Å². The minimum absolute atomic E-state index is 0.280. The third-order valence-corrected chi connectivity index (χ3v) is 3.79. The number of nitrogens with one attached hydrogen (secondary N) is 2. The predicted molar refractivity (Wildman–Crippen MR) is 88.3 cm³/mol. The second-order valence-corrected chi connectivity index (χ2v) is 5.56. The summed E-state index contributed by atoms with van der Waals surface area (Å²) >= 11 is 0. The Labute approximate surface area is 134 Å². The molecular weight excluding hydrogens is 295 g/mol. The molecule has 2 aromatic rings. The van der Waals surface area contributed by atoms with E-state index in [9.17, 15) is 9.18 Å². The minimum atomic E-state index is -0.425. The van der Waals surface area contributed by atoms with Crippen LogP contribution in [0.3, 0.4) is 0 Å². The van der Waals surface area contributed by atoms with Crippen molar-refractivity contribution in [3.05, 3.63) is 59.9 Å². The molecule has 5 heteroatoms. The summed E-state index contributed by atoms with van der Waals surface area (Å²) < 4.78 is 18.7. The summed E-state index contributed by atoms with van der Waals surface area (Å²) in [4.78, 5) is 12.0. The monoisotopic (exact) mass is 314 g/mol. The molecule has 1 saturated heterocycles. The average Bonchev–Trinajstić information content (AvgIpc) is 3.08. The largest absolute Gasteiger partial charge is 0.382 e. The first-order valence-corrected chi connectivity index (χ1v) is 7.73. The zero-order valence-electron chi connectivity index (χ0n) is 12.7. The Hall–Kier alpha value is -2.40. The van der Waals surface area contributed by atoms with Gasteiger partial charge in [0.2, 0.25) is 0 Å². The van der Waals surface area contributed by atoms with Crippen LogP contribution < -0.4 is 10.6 Å². The minimum Gasteiger partial charge on any atom is -0.382 e. The van der Waals surface area contributed by atoms with Crippen molar-refractivity contribution in [1.82, 2.24) is 0 Å². The number of carbonyl (C=O) groups is 1. The van der Waals surface area contributed by atoms with Gasteiger partial charge in [0.05, 0.1) is 6.10 Å². The number of amides is 1. The lowest BCUT2D eigenvalue weighted by molar-refractivity contribution is 0.102. The maximum atomic E-state index is 13.1. The third kappa shape index (κ3) is 4.29. The van der Waals surface area contributed by atoms with Gasteiger partial charge in [-0.05, 0) is 55.3 Å². The number of hydrogen-bond acceptors (Lipinski definition) is 3. The first-order chi connectivity index (χ1) is 11.2. The molecule has 0 aromatic heterocycles. The molecule has 1 aliphatic heterocycles. The highest BCUT2D eigenvalue weighted by Crippen LogP contribution is 2.17. The van der Waals surface area contributed by atoms with Gasteiger partial charge in [-0.15, -0.1) is 0 Å². The van der Waals surface area contributed by atoms with Crippen molar-refractivity contribution in [1.29, 1.82) is 0 Å². The number of ether oxygens (including phenoxy) is 1. The Bertz CT molecular complexity index is 667. The van der Waals surface area contributed by atoms with Crippen LogP contribution in [0.2, 0.25) is 0 Å². The van der Waals surface area contributed by atoms with Crippen LogP contribution in [0.4, 0.5) is 15.8 Å². The van der Waals surface area contributed by atoms with Crippen molar-refractivity contribution < 1.29 is 13.9 Å². The number of hydrogen-bond donors (Lipinski definition) is 2. The lowest BCUT2D eigenvalue weighted by Crippen LogP contribution is -2.18. The topological polar surface area (TPSA) is 50.4 Å². The van der Waals surface area contributed by atoms with E-state index in [4.69, 9.17) is 4.74 Å². The van der Waals surface area contributed by atoms with Crippen molar-refractivity contribution in [2.24, 2.45) is 0 Å². The van der Waals surface area contributed by atoms with E-state index in [1.54, 1.807) is 6.07 Å². The highest BCUT2D eigenvalue weighted by atomic mass is 19.1. The van der Waals surface area contributed by atoms with Gasteiger partial charge >= 0.3 is 0 Å². The molecule has 1 aliphatic rings. The summed E-state index contributed by atoms with van der Waals surface area (Å²) in [6, 6.07) is 13.0. The van der Waals surface area contributed by atoms with Gasteiger partial charge in [0.15, 0.2) is 0 Å². The molecule has 120 valence electrons. The molecule has 0 bridgehead atoms. The van der Waals surface area contributed by atoms with E-state index >= 15 is 0 Å². The molecule has 2 aromatic carbocycles. The van der Waals surface area contributed by atoms with Gasteiger partial charge in [-0.3, -0.25) is 4.79 Å². The van der Waals surface area contributed by atoms with Crippen LogP contribution in [0.5, 0.6) is 0 Å². The van der Waals surface area contributed by atoms with Crippen LogP contribution >= 0.6 is 0 Å². The smallest absolute Gasteiger partial charge is 0.255 e. The summed E-state index contributed by atoms with van der Waals surface area (Å²) in [6.45, 7) is 1.63. The molecule has 1 heterocycles. The molecular formula is C18H19FN2O2. The fourth-order valence-corrected chi connectivity index (χ4v) is 2.54. The average molecular weight is 314 g/mol. The molecule has 0 spiro atoms. The summed E-state index contributed by atoms with van der Waals surface area (Å²) in [7, 11) is 0. The van der Waals surface area contributed by atoms with Crippen LogP contribution in [0.1, 0.15) is 23.2 Å². The van der Waals surface area contributed by atoms with Gasteiger partial charge in [-0.2, -0.15) is 0 Å². The molecule has 0 radical (unpaired) electrons. The Kier molecular flexibility index (Phi) is 4.88. The first kappa shape index (κ1) is 15.5. The van der Waals surface area contributed by atoms with Crippen molar-refractivity contribution in [2.75, 3.05) is 23.8 Å². The Morgan fingerprint density at radius 3 is 2.65 bits per heavy atom. The van der Waals surface area contributed by atoms with Crippen LogP contribution in [0.15, 0.2) is 48.5 Å².